The highest BCUT2D eigenvalue weighted by atomic mass is 32.1. The van der Waals surface area contributed by atoms with Crippen molar-refractivity contribution in [3.8, 4) is 0 Å². The van der Waals surface area contributed by atoms with Gasteiger partial charge >= 0.3 is 0 Å². The van der Waals surface area contributed by atoms with Crippen molar-refractivity contribution in [3.05, 3.63) is 21.9 Å². The Morgan fingerprint density at radius 2 is 2.00 bits per heavy atom. The zero-order chi connectivity index (χ0) is 10.8. The Balaban J connectivity index is 3.00. The number of aliphatic hydroxyl groups is 1. The smallest absolute Gasteiger partial charge is 0.189 e. The first-order valence-corrected chi connectivity index (χ1v) is 5.24. The fourth-order valence-electron chi connectivity index (χ4n) is 1.59. The molecule has 0 spiro atoms. The van der Waals surface area contributed by atoms with Crippen LogP contribution in [0.15, 0.2) is 11.4 Å². The predicted octanol–water partition coefficient (Wildman–Crippen LogP) is 1.88. The first kappa shape index (κ1) is 11.7. The second-order valence-corrected chi connectivity index (χ2v) is 4.46. The van der Waals surface area contributed by atoms with E-state index in [9.17, 15) is 5.11 Å². The number of hydrogen-bond donors (Lipinski definition) is 1. The van der Waals surface area contributed by atoms with Crippen LogP contribution in [0.3, 0.4) is 0 Å². The first-order chi connectivity index (χ1) is 6.54. The van der Waals surface area contributed by atoms with Crippen molar-refractivity contribution in [1.82, 2.24) is 0 Å². The molecular formula is C10H16O3S. The highest BCUT2D eigenvalue weighted by molar-refractivity contribution is 7.10. The lowest BCUT2D eigenvalue weighted by Crippen LogP contribution is -2.39. The second kappa shape index (κ2) is 4.40. The molecule has 0 aromatic carbocycles. The number of hydrogen-bond acceptors (Lipinski definition) is 4. The summed E-state index contributed by atoms with van der Waals surface area (Å²) >= 11 is 1.60. The molecule has 1 N–H and O–H groups in total. The average molecular weight is 216 g/mol. The summed E-state index contributed by atoms with van der Waals surface area (Å²) in [5.41, 5.74) is -0.246. The normalized spacial score (nSPS) is 15.9. The van der Waals surface area contributed by atoms with Crippen LogP contribution < -0.4 is 0 Å². The van der Waals surface area contributed by atoms with Gasteiger partial charge < -0.3 is 14.6 Å². The average Bonchev–Trinajstić information content (AvgIpc) is 2.53. The topological polar surface area (TPSA) is 38.7 Å². The number of thiophene rings is 1. The highest BCUT2D eigenvalue weighted by Gasteiger charge is 2.35. The third-order valence-electron chi connectivity index (χ3n) is 2.29. The Hall–Kier alpha value is -0.420. The first-order valence-electron chi connectivity index (χ1n) is 4.36. The van der Waals surface area contributed by atoms with Gasteiger partial charge in [0.2, 0.25) is 0 Å². The molecule has 1 heterocycles. The zero-order valence-corrected chi connectivity index (χ0v) is 9.72. The van der Waals surface area contributed by atoms with Gasteiger partial charge in [0.25, 0.3) is 0 Å². The maximum Gasteiger partial charge on any atom is 0.189 e. The van der Waals surface area contributed by atoms with Crippen molar-refractivity contribution in [2.24, 2.45) is 0 Å². The van der Waals surface area contributed by atoms with Gasteiger partial charge in [0.15, 0.2) is 6.29 Å². The monoisotopic (exact) mass is 216 g/mol. The molecular weight excluding hydrogens is 200 g/mol. The molecule has 80 valence electrons. The lowest BCUT2D eigenvalue weighted by atomic mass is 9.96. The van der Waals surface area contributed by atoms with Gasteiger partial charge in [-0.3, -0.25) is 0 Å². The fourth-order valence-corrected chi connectivity index (χ4v) is 2.40. The molecule has 3 nitrogen and oxygen atoms in total. The second-order valence-electron chi connectivity index (χ2n) is 3.34. The van der Waals surface area contributed by atoms with E-state index in [0.717, 1.165) is 10.4 Å². The summed E-state index contributed by atoms with van der Waals surface area (Å²) in [6.07, 6.45) is -0.643. The lowest BCUT2D eigenvalue weighted by Gasteiger charge is -2.30. The fraction of sp³-hybridized carbons (Fsp3) is 0.600. The third-order valence-corrected chi connectivity index (χ3v) is 3.14. The van der Waals surface area contributed by atoms with Crippen LogP contribution in [0.25, 0.3) is 0 Å². The molecule has 1 aromatic rings. The number of aryl methyl sites for hydroxylation is 1. The molecule has 1 rings (SSSR count). The molecule has 0 aliphatic rings. The number of ether oxygens (including phenoxy) is 2. The summed E-state index contributed by atoms with van der Waals surface area (Å²) in [7, 11) is 3.04. The molecule has 1 unspecified atom stereocenters. The van der Waals surface area contributed by atoms with Crippen LogP contribution in [0.5, 0.6) is 0 Å². The van der Waals surface area contributed by atoms with Crippen LogP contribution in [0.2, 0.25) is 0 Å². The van der Waals surface area contributed by atoms with Crippen molar-refractivity contribution in [3.63, 3.8) is 0 Å². The Morgan fingerprint density at radius 1 is 1.43 bits per heavy atom. The molecule has 0 saturated heterocycles. The lowest BCUT2D eigenvalue weighted by molar-refractivity contribution is -0.213. The number of methoxy groups -OCH3 is 2. The van der Waals surface area contributed by atoms with E-state index in [1.165, 1.54) is 14.2 Å². The Bertz CT molecular complexity index is 289. The van der Waals surface area contributed by atoms with Crippen LogP contribution in [-0.4, -0.2) is 25.6 Å². The largest absolute Gasteiger partial charge is 0.380 e. The van der Waals surface area contributed by atoms with E-state index >= 15 is 0 Å². The van der Waals surface area contributed by atoms with Crippen molar-refractivity contribution in [2.45, 2.75) is 25.7 Å². The van der Waals surface area contributed by atoms with Crippen LogP contribution in [0, 0.1) is 6.92 Å². The summed E-state index contributed by atoms with van der Waals surface area (Å²) in [5.74, 6) is 0. The Kier molecular flexibility index (Phi) is 3.66. The molecule has 0 aliphatic heterocycles. The van der Waals surface area contributed by atoms with Crippen LogP contribution >= 0.6 is 11.3 Å². The summed E-state index contributed by atoms with van der Waals surface area (Å²) < 4.78 is 10.2. The molecule has 0 aliphatic carbocycles. The van der Waals surface area contributed by atoms with E-state index in [4.69, 9.17) is 9.47 Å². The van der Waals surface area contributed by atoms with Gasteiger partial charge in [-0.1, -0.05) is 0 Å². The standard InChI is InChI=1S/C10H16O3S/c1-7-8(5-6-14-7)10(2,11)9(12-3)13-4/h5-6,9,11H,1-4H3. The van der Waals surface area contributed by atoms with Gasteiger partial charge in [-0.25, -0.2) is 0 Å². The maximum atomic E-state index is 10.3. The van der Waals surface area contributed by atoms with Crippen molar-refractivity contribution >= 4 is 11.3 Å². The van der Waals surface area contributed by atoms with Crippen LogP contribution in [-0.2, 0) is 15.1 Å². The quantitative estimate of drug-likeness (QED) is 0.781. The van der Waals surface area contributed by atoms with Gasteiger partial charge in [0.1, 0.15) is 5.60 Å². The summed E-state index contributed by atoms with van der Waals surface area (Å²) in [6.45, 7) is 3.66. The van der Waals surface area contributed by atoms with E-state index in [2.05, 4.69) is 0 Å². The van der Waals surface area contributed by atoms with Crippen molar-refractivity contribution < 1.29 is 14.6 Å². The highest BCUT2D eigenvalue weighted by Crippen LogP contribution is 2.31. The summed E-state index contributed by atoms with van der Waals surface area (Å²) in [4.78, 5) is 1.08. The third kappa shape index (κ3) is 1.98. The van der Waals surface area contributed by atoms with Gasteiger partial charge in [0.05, 0.1) is 0 Å². The van der Waals surface area contributed by atoms with Crippen LogP contribution in [0.1, 0.15) is 17.4 Å². The zero-order valence-electron chi connectivity index (χ0n) is 8.90. The Morgan fingerprint density at radius 3 is 2.36 bits per heavy atom. The maximum absolute atomic E-state index is 10.3. The summed E-state index contributed by atoms with van der Waals surface area (Å²) in [5, 5.41) is 12.2. The van der Waals surface area contributed by atoms with Crippen molar-refractivity contribution in [1.29, 1.82) is 0 Å². The molecule has 0 radical (unpaired) electrons. The minimum atomic E-state index is -1.10. The van der Waals surface area contributed by atoms with E-state index in [1.54, 1.807) is 18.3 Å². The van der Waals surface area contributed by atoms with Gasteiger partial charge in [0, 0.05) is 24.7 Å². The molecule has 1 aromatic heterocycles. The molecule has 0 amide bonds. The molecule has 0 saturated carbocycles. The SMILES string of the molecule is COC(OC)C(C)(O)c1ccsc1C. The number of rotatable bonds is 4. The molecule has 4 heteroatoms. The predicted molar refractivity (Wildman–Crippen MR) is 56.4 cm³/mol. The van der Waals surface area contributed by atoms with E-state index in [1.807, 2.05) is 18.4 Å². The van der Waals surface area contributed by atoms with Gasteiger partial charge in [-0.05, 0) is 25.3 Å². The summed E-state index contributed by atoms with van der Waals surface area (Å²) in [6, 6.07) is 1.89. The minimum Gasteiger partial charge on any atom is -0.380 e. The minimum absolute atomic E-state index is 0.643. The van der Waals surface area contributed by atoms with E-state index in [0.29, 0.717) is 0 Å². The molecule has 14 heavy (non-hydrogen) atoms. The molecule has 1 atom stereocenters. The molecule has 0 bridgehead atoms. The Labute approximate surface area is 88.3 Å². The van der Waals surface area contributed by atoms with E-state index < -0.39 is 11.9 Å². The van der Waals surface area contributed by atoms with Crippen LogP contribution in [0.4, 0.5) is 0 Å². The van der Waals surface area contributed by atoms with Gasteiger partial charge in [-0.15, -0.1) is 11.3 Å². The van der Waals surface area contributed by atoms with E-state index in [-0.39, 0.29) is 0 Å². The van der Waals surface area contributed by atoms with Crippen molar-refractivity contribution in [2.75, 3.05) is 14.2 Å². The molecule has 0 fully saturated rings. The van der Waals surface area contributed by atoms with Gasteiger partial charge in [-0.2, -0.15) is 0 Å².